The van der Waals surface area contributed by atoms with Gasteiger partial charge in [0, 0.05) is 24.2 Å². The van der Waals surface area contributed by atoms with Crippen LogP contribution in [0, 0.1) is 0 Å². The Balaban J connectivity index is 1.38. The lowest BCUT2D eigenvalue weighted by atomic mass is 10.0. The zero-order valence-corrected chi connectivity index (χ0v) is 18.5. The summed E-state index contributed by atoms with van der Waals surface area (Å²) >= 11 is 0. The van der Waals surface area contributed by atoms with Crippen molar-refractivity contribution in [1.82, 2.24) is 4.98 Å². The van der Waals surface area contributed by atoms with Crippen molar-refractivity contribution in [2.75, 3.05) is 4.90 Å². The Hall–Kier alpha value is -4.57. The molecular weight excluding hydrogens is 416 g/mol. The van der Waals surface area contributed by atoms with E-state index >= 15 is 0 Å². The number of anilines is 1. The van der Waals surface area contributed by atoms with Gasteiger partial charge in [0.2, 0.25) is 6.29 Å². The van der Waals surface area contributed by atoms with E-state index in [2.05, 4.69) is 89.9 Å². The molecule has 1 aliphatic rings. The van der Waals surface area contributed by atoms with Gasteiger partial charge >= 0.3 is 0 Å². The van der Waals surface area contributed by atoms with E-state index in [9.17, 15) is 0 Å². The molecule has 0 spiro atoms. The van der Waals surface area contributed by atoms with E-state index in [0.717, 1.165) is 22.7 Å². The molecule has 1 unspecified atom stereocenters. The minimum absolute atomic E-state index is 0.451. The van der Waals surface area contributed by atoms with E-state index in [0.29, 0.717) is 0 Å². The zero-order valence-electron chi connectivity index (χ0n) is 18.5. The van der Waals surface area contributed by atoms with Gasteiger partial charge in [0.25, 0.3) is 0 Å². The molecule has 0 N–H and O–H groups in total. The molecule has 4 aromatic carbocycles. The highest BCUT2D eigenvalue weighted by atomic mass is 15.4. The van der Waals surface area contributed by atoms with Gasteiger partial charge in [-0.2, -0.15) is 0 Å². The third-order valence-corrected chi connectivity index (χ3v) is 5.99. The summed E-state index contributed by atoms with van der Waals surface area (Å²) in [7, 11) is 0. The molecule has 34 heavy (non-hydrogen) atoms. The summed E-state index contributed by atoms with van der Waals surface area (Å²) in [5.74, 6) is 0.806. The topological polar surface area (TPSA) is 40.9 Å². The van der Waals surface area contributed by atoms with Crippen LogP contribution in [0.15, 0.2) is 132 Å². The molecule has 4 heteroatoms. The van der Waals surface area contributed by atoms with Crippen molar-refractivity contribution in [2.45, 2.75) is 6.29 Å². The predicted octanol–water partition coefficient (Wildman–Crippen LogP) is 6.61. The van der Waals surface area contributed by atoms with Gasteiger partial charge in [0.1, 0.15) is 5.82 Å². The summed E-state index contributed by atoms with van der Waals surface area (Å²) < 4.78 is 0. The Bertz CT molecular complexity index is 1570. The molecule has 4 nitrogen and oxygen atoms in total. The molecule has 1 aliphatic heterocycles. The highest BCUT2D eigenvalue weighted by Crippen LogP contribution is 2.23. The molecule has 1 aromatic heterocycles. The number of fused-ring (bicyclic) bond motifs is 2. The molecule has 0 saturated heterocycles. The SMILES string of the molecule is C1=CN(c2ccccn2)C(N=Cc2ccc3ccccc3c2)N=C1c1ccc2ccccc2c1. The molecule has 162 valence electrons. The first-order valence-corrected chi connectivity index (χ1v) is 11.3. The van der Waals surface area contributed by atoms with Crippen molar-refractivity contribution in [3.63, 3.8) is 0 Å². The normalized spacial score (nSPS) is 15.8. The monoisotopic (exact) mass is 438 g/mol. The van der Waals surface area contributed by atoms with Gasteiger partial charge in [0.15, 0.2) is 0 Å². The number of aliphatic imine (C=N–C) groups is 2. The summed E-state index contributed by atoms with van der Waals surface area (Å²) in [5.41, 5.74) is 3.01. The van der Waals surface area contributed by atoms with Crippen molar-refractivity contribution in [3.05, 3.63) is 133 Å². The first-order valence-electron chi connectivity index (χ1n) is 11.3. The van der Waals surface area contributed by atoms with Gasteiger partial charge in [-0.25, -0.2) is 15.0 Å². The van der Waals surface area contributed by atoms with Crippen molar-refractivity contribution in [3.8, 4) is 0 Å². The smallest absolute Gasteiger partial charge is 0.221 e. The first kappa shape index (κ1) is 20.1. The van der Waals surface area contributed by atoms with Crippen LogP contribution in [-0.2, 0) is 0 Å². The molecule has 1 atom stereocenters. The lowest BCUT2D eigenvalue weighted by Gasteiger charge is -2.27. The Labute approximate surface area is 198 Å². The van der Waals surface area contributed by atoms with E-state index in [-0.39, 0.29) is 0 Å². The van der Waals surface area contributed by atoms with Crippen LogP contribution in [0.1, 0.15) is 11.1 Å². The molecule has 0 aliphatic carbocycles. The highest BCUT2D eigenvalue weighted by Gasteiger charge is 2.20. The summed E-state index contributed by atoms with van der Waals surface area (Å²) in [6.45, 7) is 0. The number of benzene rings is 4. The van der Waals surface area contributed by atoms with Crippen LogP contribution in [0.4, 0.5) is 5.82 Å². The molecule has 0 bridgehead atoms. The summed E-state index contributed by atoms with van der Waals surface area (Å²) in [6.07, 6.45) is 7.28. The second kappa shape index (κ2) is 8.75. The maximum absolute atomic E-state index is 5.01. The number of aromatic nitrogens is 1. The number of hydrogen-bond donors (Lipinski definition) is 0. The first-order chi connectivity index (χ1) is 16.8. The third-order valence-electron chi connectivity index (χ3n) is 5.99. The minimum Gasteiger partial charge on any atom is -0.291 e. The predicted molar refractivity (Wildman–Crippen MR) is 142 cm³/mol. The maximum atomic E-state index is 5.01. The van der Waals surface area contributed by atoms with Gasteiger partial charge in [0.05, 0.1) is 5.71 Å². The van der Waals surface area contributed by atoms with Gasteiger partial charge in [-0.1, -0.05) is 78.9 Å². The molecule has 6 rings (SSSR count). The second-order valence-electron chi connectivity index (χ2n) is 8.22. The van der Waals surface area contributed by atoms with Crippen LogP contribution in [0.5, 0.6) is 0 Å². The quantitative estimate of drug-likeness (QED) is 0.296. The zero-order chi connectivity index (χ0) is 22.7. The summed E-state index contributed by atoms with van der Waals surface area (Å²) in [5, 5.41) is 4.82. The van der Waals surface area contributed by atoms with Crippen LogP contribution < -0.4 is 4.90 Å². The van der Waals surface area contributed by atoms with Crippen LogP contribution >= 0.6 is 0 Å². The molecule has 5 aromatic rings. The van der Waals surface area contributed by atoms with Gasteiger partial charge < -0.3 is 0 Å². The lowest BCUT2D eigenvalue weighted by Crippen LogP contribution is -2.32. The van der Waals surface area contributed by atoms with E-state index in [1.54, 1.807) is 6.20 Å². The van der Waals surface area contributed by atoms with E-state index < -0.39 is 6.29 Å². The Kier molecular flexibility index (Phi) is 5.17. The standard InChI is InChI=1S/C30H22N4/c1-3-9-25-19-22(12-13-23(25)7-1)21-32-30-33-28(16-18-34(30)29-11-5-6-17-31-29)27-15-14-24-8-2-4-10-26(24)20-27/h1-21,30H. The lowest BCUT2D eigenvalue weighted by molar-refractivity contribution is 0.705. The summed E-state index contributed by atoms with van der Waals surface area (Å²) in [4.78, 5) is 16.4. The second-order valence-corrected chi connectivity index (χ2v) is 8.22. The summed E-state index contributed by atoms with van der Waals surface area (Å²) in [6, 6.07) is 35.4. The van der Waals surface area contributed by atoms with Crippen LogP contribution in [0.2, 0.25) is 0 Å². The van der Waals surface area contributed by atoms with E-state index in [1.807, 2.05) is 41.6 Å². The van der Waals surface area contributed by atoms with E-state index in [4.69, 9.17) is 9.98 Å². The van der Waals surface area contributed by atoms with Crippen LogP contribution in [0.25, 0.3) is 21.5 Å². The number of nitrogens with zero attached hydrogens (tertiary/aromatic N) is 4. The number of pyridine rings is 1. The largest absolute Gasteiger partial charge is 0.291 e. The van der Waals surface area contributed by atoms with Crippen molar-refractivity contribution >= 4 is 39.3 Å². The fourth-order valence-electron chi connectivity index (χ4n) is 4.22. The van der Waals surface area contributed by atoms with Gasteiger partial charge in [-0.3, -0.25) is 4.90 Å². The Morgan fingerprint density at radius 2 is 1.41 bits per heavy atom. The molecule has 0 radical (unpaired) electrons. The van der Waals surface area contributed by atoms with Crippen LogP contribution in [-0.4, -0.2) is 23.2 Å². The average molecular weight is 439 g/mol. The fraction of sp³-hybridized carbons (Fsp3) is 0.0333. The number of rotatable bonds is 4. The fourth-order valence-corrected chi connectivity index (χ4v) is 4.22. The number of hydrogen-bond acceptors (Lipinski definition) is 4. The molecule has 2 heterocycles. The molecule has 0 amide bonds. The molecular formula is C30H22N4. The highest BCUT2D eigenvalue weighted by molar-refractivity contribution is 6.11. The number of allylic oxidation sites excluding steroid dienone is 1. The molecule has 0 saturated carbocycles. The van der Waals surface area contributed by atoms with Crippen LogP contribution in [0.3, 0.4) is 0 Å². The van der Waals surface area contributed by atoms with Gasteiger partial charge in [-0.15, -0.1) is 0 Å². The Morgan fingerprint density at radius 1 is 0.706 bits per heavy atom. The van der Waals surface area contributed by atoms with E-state index in [1.165, 1.54) is 21.5 Å². The average Bonchev–Trinajstić information content (AvgIpc) is 2.92. The van der Waals surface area contributed by atoms with Crippen molar-refractivity contribution in [2.24, 2.45) is 9.98 Å². The minimum atomic E-state index is -0.451. The van der Waals surface area contributed by atoms with Crippen molar-refractivity contribution < 1.29 is 0 Å². The molecule has 0 fully saturated rings. The Morgan fingerprint density at radius 3 is 2.18 bits per heavy atom. The van der Waals surface area contributed by atoms with Gasteiger partial charge in [-0.05, 0) is 57.4 Å². The van der Waals surface area contributed by atoms with Crippen molar-refractivity contribution in [1.29, 1.82) is 0 Å². The third kappa shape index (κ3) is 3.97. The maximum Gasteiger partial charge on any atom is 0.221 e.